The van der Waals surface area contributed by atoms with Crippen molar-refractivity contribution in [1.29, 1.82) is 0 Å². The van der Waals surface area contributed by atoms with Crippen molar-refractivity contribution in [2.24, 2.45) is 5.92 Å². The molecule has 0 radical (unpaired) electrons. The molecule has 2 aromatic carbocycles. The third kappa shape index (κ3) is 5.40. The summed E-state index contributed by atoms with van der Waals surface area (Å²) >= 11 is 0. The van der Waals surface area contributed by atoms with Crippen molar-refractivity contribution < 1.29 is 9.13 Å². The number of hydrogen-bond donors (Lipinski definition) is 1. The number of rotatable bonds is 8. The van der Waals surface area contributed by atoms with E-state index in [-0.39, 0.29) is 5.82 Å². The van der Waals surface area contributed by atoms with Crippen LogP contribution in [0.25, 0.3) is 11.3 Å². The predicted molar refractivity (Wildman–Crippen MR) is 112 cm³/mol. The summed E-state index contributed by atoms with van der Waals surface area (Å²) < 4.78 is 20.1. The maximum atomic E-state index is 14.2. The van der Waals surface area contributed by atoms with Crippen LogP contribution in [-0.2, 0) is 13.2 Å². The molecule has 0 saturated heterocycles. The minimum absolute atomic E-state index is 0.288. The van der Waals surface area contributed by atoms with E-state index in [1.807, 2.05) is 54.6 Å². The van der Waals surface area contributed by atoms with Gasteiger partial charge < -0.3 is 10.1 Å². The quantitative estimate of drug-likeness (QED) is 0.554. The van der Waals surface area contributed by atoms with Crippen molar-refractivity contribution in [3.8, 4) is 17.0 Å². The fourth-order valence-corrected chi connectivity index (χ4v) is 2.75. The van der Waals surface area contributed by atoms with E-state index in [0.717, 1.165) is 22.6 Å². The molecule has 3 aromatic rings. The molecule has 0 aliphatic carbocycles. The molecule has 0 fully saturated rings. The van der Waals surface area contributed by atoms with Gasteiger partial charge in [-0.05, 0) is 42.7 Å². The number of aromatic nitrogens is 1. The van der Waals surface area contributed by atoms with E-state index in [4.69, 9.17) is 4.74 Å². The van der Waals surface area contributed by atoms with Crippen molar-refractivity contribution in [3.05, 3.63) is 83.8 Å². The maximum absolute atomic E-state index is 14.2. The second-order valence-electron chi connectivity index (χ2n) is 7.34. The Kier molecular flexibility index (Phi) is 6.77. The number of halogens is 1. The molecule has 3 rings (SSSR count). The Balaban J connectivity index is 1.73. The summed E-state index contributed by atoms with van der Waals surface area (Å²) in [5.41, 5.74) is 3.19. The number of nitrogens with one attached hydrogen (secondary N) is 1. The summed E-state index contributed by atoms with van der Waals surface area (Å²) in [7, 11) is 0. The predicted octanol–water partition coefficient (Wildman–Crippen LogP) is 5.60. The summed E-state index contributed by atoms with van der Waals surface area (Å²) in [6.45, 7) is 7.28. The molecule has 0 saturated carbocycles. The second kappa shape index (κ2) is 9.47. The van der Waals surface area contributed by atoms with Crippen LogP contribution in [0.5, 0.6) is 5.75 Å². The number of pyridine rings is 1. The minimum atomic E-state index is -0.288. The van der Waals surface area contributed by atoms with Crippen molar-refractivity contribution >= 4 is 0 Å². The molecule has 1 atom stereocenters. The molecule has 4 heteroatoms. The fourth-order valence-electron chi connectivity index (χ4n) is 2.75. The Morgan fingerprint density at radius 1 is 0.964 bits per heavy atom. The van der Waals surface area contributed by atoms with Crippen LogP contribution in [0.1, 0.15) is 32.0 Å². The van der Waals surface area contributed by atoms with Crippen LogP contribution >= 0.6 is 0 Å². The molecule has 0 aliphatic heterocycles. The van der Waals surface area contributed by atoms with Gasteiger partial charge in [0.2, 0.25) is 0 Å². The molecule has 1 aromatic heterocycles. The van der Waals surface area contributed by atoms with Gasteiger partial charge in [0.05, 0.1) is 11.4 Å². The summed E-state index contributed by atoms with van der Waals surface area (Å²) in [6, 6.07) is 21.3. The molecule has 0 aliphatic rings. The van der Waals surface area contributed by atoms with Crippen molar-refractivity contribution in [2.45, 2.75) is 40.0 Å². The number of hydrogen-bond acceptors (Lipinski definition) is 3. The van der Waals surface area contributed by atoms with Gasteiger partial charge in [0.1, 0.15) is 18.2 Å². The van der Waals surface area contributed by atoms with Gasteiger partial charge in [-0.1, -0.05) is 56.3 Å². The SMILES string of the molecule is CC(C)[C@@H](C)NCc1nc(-c2cccc(OCc3ccccc3)c2)ccc1F. The highest BCUT2D eigenvalue weighted by Gasteiger charge is 2.11. The van der Waals surface area contributed by atoms with Crippen molar-refractivity contribution in [3.63, 3.8) is 0 Å². The smallest absolute Gasteiger partial charge is 0.146 e. The average molecular weight is 378 g/mol. The Labute approximate surface area is 166 Å². The van der Waals surface area contributed by atoms with Gasteiger partial charge in [0.25, 0.3) is 0 Å². The van der Waals surface area contributed by atoms with Crippen molar-refractivity contribution in [1.82, 2.24) is 10.3 Å². The molecule has 146 valence electrons. The lowest BCUT2D eigenvalue weighted by Crippen LogP contribution is -2.30. The van der Waals surface area contributed by atoms with E-state index in [9.17, 15) is 4.39 Å². The molecule has 3 nitrogen and oxygen atoms in total. The van der Waals surface area contributed by atoms with Crippen LogP contribution in [-0.4, -0.2) is 11.0 Å². The Morgan fingerprint density at radius 2 is 1.75 bits per heavy atom. The molecular weight excluding hydrogens is 351 g/mol. The third-order valence-corrected chi connectivity index (χ3v) is 4.89. The number of ether oxygens (including phenoxy) is 1. The molecular formula is C24H27FN2O. The van der Waals surface area contributed by atoms with E-state index in [0.29, 0.717) is 30.8 Å². The first-order valence-corrected chi connectivity index (χ1v) is 9.69. The number of benzene rings is 2. The van der Waals surface area contributed by atoms with E-state index >= 15 is 0 Å². The molecule has 0 bridgehead atoms. The topological polar surface area (TPSA) is 34.2 Å². The molecule has 1 N–H and O–H groups in total. The normalized spacial score (nSPS) is 12.2. The zero-order valence-corrected chi connectivity index (χ0v) is 16.7. The lowest BCUT2D eigenvalue weighted by molar-refractivity contribution is 0.306. The van der Waals surface area contributed by atoms with Crippen LogP contribution in [0, 0.1) is 11.7 Å². The second-order valence-corrected chi connectivity index (χ2v) is 7.34. The van der Waals surface area contributed by atoms with Gasteiger partial charge in [-0.3, -0.25) is 0 Å². The highest BCUT2D eigenvalue weighted by Crippen LogP contribution is 2.24. The Hall–Kier alpha value is -2.72. The zero-order valence-electron chi connectivity index (χ0n) is 16.7. The first kappa shape index (κ1) is 20.0. The summed E-state index contributed by atoms with van der Waals surface area (Å²) in [6.07, 6.45) is 0. The van der Waals surface area contributed by atoms with Gasteiger partial charge in [-0.2, -0.15) is 0 Å². The van der Waals surface area contributed by atoms with Gasteiger partial charge in [-0.15, -0.1) is 0 Å². The lowest BCUT2D eigenvalue weighted by Gasteiger charge is -2.17. The van der Waals surface area contributed by atoms with Crippen LogP contribution in [0.2, 0.25) is 0 Å². The van der Waals surface area contributed by atoms with E-state index in [1.165, 1.54) is 6.07 Å². The van der Waals surface area contributed by atoms with Crippen LogP contribution in [0.15, 0.2) is 66.7 Å². The molecule has 0 spiro atoms. The van der Waals surface area contributed by atoms with Crippen LogP contribution in [0.4, 0.5) is 4.39 Å². The molecule has 1 heterocycles. The Morgan fingerprint density at radius 3 is 2.50 bits per heavy atom. The van der Waals surface area contributed by atoms with Gasteiger partial charge in [0, 0.05) is 18.2 Å². The van der Waals surface area contributed by atoms with Crippen LogP contribution < -0.4 is 10.1 Å². The number of nitrogens with zero attached hydrogens (tertiary/aromatic N) is 1. The van der Waals surface area contributed by atoms with Crippen molar-refractivity contribution in [2.75, 3.05) is 0 Å². The first-order valence-electron chi connectivity index (χ1n) is 9.69. The average Bonchev–Trinajstić information content (AvgIpc) is 2.72. The summed E-state index contributed by atoms with van der Waals surface area (Å²) in [5.74, 6) is 0.953. The largest absolute Gasteiger partial charge is 0.489 e. The summed E-state index contributed by atoms with van der Waals surface area (Å²) in [4.78, 5) is 4.54. The Bertz CT molecular complexity index is 896. The highest BCUT2D eigenvalue weighted by atomic mass is 19.1. The molecule has 0 unspecified atom stereocenters. The van der Waals surface area contributed by atoms with E-state index < -0.39 is 0 Å². The minimum Gasteiger partial charge on any atom is -0.489 e. The van der Waals surface area contributed by atoms with Gasteiger partial charge in [0.15, 0.2) is 0 Å². The zero-order chi connectivity index (χ0) is 19.9. The van der Waals surface area contributed by atoms with Gasteiger partial charge in [-0.25, -0.2) is 9.37 Å². The van der Waals surface area contributed by atoms with E-state index in [1.54, 1.807) is 6.07 Å². The lowest BCUT2D eigenvalue weighted by atomic mass is 10.1. The van der Waals surface area contributed by atoms with Gasteiger partial charge >= 0.3 is 0 Å². The van der Waals surface area contributed by atoms with E-state index in [2.05, 4.69) is 31.1 Å². The standard InChI is InChI=1S/C24H27FN2O/c1-17(2)18(3)26-15-24-22(25)12-13-23(27-24)20-10-7-11-21(14-20)28-16-19-8-5-4-6-9-19/h4-14,17-18,26H,15-16H2,1-3H3/t18-/m1/s1. The molecule has 28 heavy (non-hydrogen) atoms. The third-order valence-electron chi connectivity index (χ3n) is 4.89. The van der Waals surface area contributed by atoms with Crippen LogP contribution in [0.3, 0.4) is 0 Å². The highest BCUT2D eigenvalue weighted by molar-refractivity contribution is 5.61. The first-order chi connectivity index (χ1) is 13.5. The molecule has 0 amide bonds. The fraction of sp³-hybridized carbons (Fsp3) is 0.292. The monoisotopic (exact) mass is 378 g/mol. The summed E-state index contributed by atoms with van der Waals surface area (Å²) in [5, 5.41) is 3.34. The maximum Gasteiger partial charge on any atom is 0.146 e.